The Hall–Kier alpha value is -4.97. The SMILES string of the molecule is Cc1ccc(CN2C(=O)C3(c4ccccc42)c2c(oc4ccc(C)cc4c2=O)C(=O)N3Cc2ccc(C)cc2)cc1. The van der Waals surface area contributed by atoms with Gasteiger partial charge in [0.05, 0.1) is 23.2 Å². The second kappa shape index (κ2) is 9.03. The standard InChI is InChI=1S/C35H28N2O4/c1-21-8-13-24(14-9-21)19-36-28-7-5-4-6-27(28)35(34(36)40)30-31(38)26-18-23(3)12-17-29(26)41-32(30)33(39)37(35)20-25-15-10-22(2)11-16-25/h4-18H,19-20H2,1-3H3. The van der Waals surface area contributed by atoms with E-state index in [9.17, 15) is 14.4 Å². The average Bonchev–Trinajstić information content (AvgIpc) is 3.36. The molecule has 0 saturated carbocycles. The summed E-state index contributed by atoms with van der Waals surface area (Å²) in [4.78, 5) is 46.8. The van der Waals surface area contributed by atoms with Gasteiger partial charge in [0.2, 0.25) is 5.76 Å². The lowest BCUT2D eigenvalue weighted by atomic mass is 9.83. The van der Waals surface area contributed by atoms with Gasteiger partial charge in [-0.3, -0.25) is 14.4 Å². The molecular formula is C35H28N2O4. The molecule has 202 valence electrons. The highest BCUT2D eigenvalue weighted by Gasteiger charge is 2.64. The highest BCUT2D eigenvalue weighted by molar-refractivity contribution is 6.17. The van der Waals surface area contributed by atoms with Crippen LogP contribution in [0.25, 0.3) is 11.0 Å². The molecule has 6 nitrogen and oxygen atoms in total. The molecule has 6 heteroatoms. The van der Waals surface area contributed by atoms with Crippen molar-refractivity contribution in [1.29, 1.82) is 0 Å². The van der Waals surface area contributed by atoms with E-state index >= 15 is 0 Å². The fourth-order valence-electron chi connectivity index (χ4n) is 6.23. The largest absolute Gasteiger partial charge is 0.450 e. The van der Waals surface area contributed by atoms with Crippen LogP contribution in [0.15, 0.2) is 100 Å². The maximum atomic E-state index is 14.9. The Balaban J connectivity index is 1.50. The normalized spacial score (nSPS) is 17.5. The molecule has 1 unspecified atom stereocenters. The van der Waals surface area contributed by atoms with E-state index in [0.29, 0.717) is 28.8 Å². The van der Waals surface area contributed by atoms with Crippen molar-refractivity contribution in [3.8, 4) is 0 Å². The molecule has 5 aromatic rings. The van der Waals surface area contributed by atoms with E-state index in [0.717, 1.165) is 27.8 Å². The Morgan fingerprint density at radius 3 is 2.00 bits per heavy atom. The van der Waals surface area contributed by atoms with Gasteiger partial charge >= 0.3 is 0 Å². The van der Waals surface area contributed by atoms with Crippen LogP contribution in [0.1, 0.15) is 49.5 Å². The molecule has 0 saturated heterocycles. The number of nitrogens with zero attached hydrogens (tertiary/aromatic N) is 2. The number of rotatable bonds is 4. The zero-order valence-electron chi connectivity index (χ0n) is 23.1. The molecule has 0 bridgehead atoms. The van der Waals surface area contributed by atoms with Gasteiger partial charge in [0.25, 0.3) is 11.8 Å². The van der Waals surface area contributed by atoms with Crippen LogP contribution >= 0.6 is 0 Å². The molecule has 41 heavy (non-hydrogen) atoms. The lowest BCUT2D eigenvalue weighted by Crippen LogP contribution is -2.52. The third-order valence-electron chi connectivity index (χ3n) is 8.31. The Kier molecular flexibility index (Phi) is 5.51. The van der Waals surface area contributed by atoms with E-state index in [1.807, 2.05) is 99.6 Å². The van der Waals surface area contributed by atoms with Crippen molar-refractivity contribution in [3.63, 3.8) is 0 Å². The van der Waals surface area contributed by atoms with Crippen molar-refractivity contribution in [2.45, 2.75) is 39.4 Å². The minimum atomic E-state index is -1.66. The lowest BCUT2D eigenvalue weighted by Gasteiger charge is -2.34. The second-order valence-corrected chi connectivity index (χ2v) is 11.1. The molecule has 0 N–H and O–H groups in total. The van der Waals surface area contributed by atoms with Crippen LogP contribution in [-0.2, 0) is 23.4 Å². The number of para-hydroxylation sites is 1. The summed E-state index contributed by atoms with van der Waals surface area (Å²) >= 11 is 0. The molecule has 1 aromatic heterocycles. The first-order chi connectivity index (χ1) is 19.8. The summed E-state index contributed by atoms with van der Waals surface area (Å²) in [6, 6.07) is 28.7. The first-order valence-corrected chi connectivity index (χ1v) is 13.7. The molecule has 0 fully saturated rings. The van der Waals surface area contributed by atoms with Crippen molar-refractivity contribution >= 4 is 28.5 Å². The van der Waals surface area contributed by atoms with Crippen LogP contribution in [0, 0.1) is 20.8 Å². The third kappa shape index (κ3) is 3.60. The van der Waals surface area contributed by atoms with Crippen LogP contribution in [0.5, 0.6) is 0 Å². The summed E-state index contributed by atoms with van der Waals surface area (Å²) in [5, 5.41) is 0.357. The van der Waals surface area contributed by atoms with Crippen LogP contribution in [0.3, 0.4) is 0 Å². The van der Waals surface area contributed by atoms with Crippen LogP contribution in [-0.4, -0.2) is 16.7 Å². The number of amides is 2. The number of carbonyl (C=O) groups is 2. The summed E-state index contributed by atoms with van der Waals surface area (Å²) in [5.74, 6) is -0.878. The molecule has 4 aromatic carbocycles. The molecule has 2 amide bonds. The maximum absolute atomic E-state index is 14.9. The van der Waals surface area contributed by atoms with Gasteiger partial charge in [-0.15, -0.1) is 0 Å². The first-order valence-electron chi connectivity index (χ1n) is 13.7. The fourth-order valence-corrected chi connectivity index (χ4v) is 6.23. The van der Waals surface area contributed by atoms with Crippen LogP contribution in [0.2, 0.25) is 0 Å². The van der Waals surface area contributed by atoms with E-state index < -0.39 is 11.4 Å². The van der Waals surface area contributed by atoms with Gasteiger partial charge in [0.15, 0.2) is 11.0 Å². The minimum Gasteiger partial charge on any atom is -0.450 e. The zero-order chi connectivity index (χ0) is 28.5. The van der Waals surface area contributed by atoms with Gasteiger partial charge in [-0.2, -0.15) is 0 Å². The number of fused-ring (bicyclic) bond motifs is 5. The fraction of sp³-hybridized carbons (Fsp3) is 0.171. The summed E-state index contributed by atoms with van der Waals surface area (Å²) in [7, 11) is 0. The van der Waals surface area contributed by atoms with E-state index in [1.54, 1.807) is 17.0 Å². The van der Waals surface area contributed by atoms with Gasteiger partial charge in [-0.05, 0) is 50.1 Å². The van der Waals surface area contributed by atoms with E-state index in [-0.39, 0.29) is 29.2 Å². The second-order valence-electron chi connectivity index (χ2n) is 11.1. The van der Waals surface area contributed by atoms with Crippen LogP contribution < -0.4 is 10.3 Å². The number of benzene rings is 4. The van der Waals surface area contributed by atoms with E-state index in [2.05, 4.69) is 0 Å². The van der Waals surface area contributed by atoms with Crippen LogP contribution in [0.4, 0.5) is 5.69 Å². The number of anilines is 1. The van der Waals surface area contributed by atoms with Crippen molar-refractivity contribution in [3.05, 3.63) is 146 Å². The van der Waals surface area contributed by atoms with Crippen molar-refractivity contribution in [2.75, 3.05) is 4.90 Å². The topological polar surface area (TPSA) is 70.8 Å². The number of carbonyl (C=O) groups excluding carboxylic acids is 2. The molecule has 0 aliphatic carbocycles. The minimum absolute atomic E-state index is 0.0706. The van der Waals surface area contributed by atoms with Gasteiger partial charge < -0.3 is 14.2 Å². The number of hydrogen-bond acceptors (Lipinski definition) is 4. The zero-order valence-corrected chi connectivity index (χ0v) is 23.1. The Morgan fingerprint density at radius 2 is 1.32 bits per heavy atom. The molecule has 2 aliphatic rings. The Bertz CT molecular complexity index is 1940. The average molecular weight is 541 g/mol. The summed E-state index contributed by atoms with van der Waals surface area (Å²) < 4.78 is 6.19. The quantitative estimate of drug-likeness (QED) is 0.274. The van der Waals surface area contributed by atoms with E-state index in [4.69, 9.17) is 4.42 Å². The molecule has 7 rings (SSSR count). The van der Waals surface area contributed by atoms with Gasteiger partial charge in [0, 0.05) is 12.1 Å². The number of aryl methyl sites for hydroxylation is 3. The molecule has 3 heterocycles. The van der Waals surface area contributed by atoms with Crippen molar-refractivity contribution in [1.82, 2.24) is 4.90 Å². The van der Waals surface area contributed by atoms with Gasteiger partial charge in [-0.1, -0.05) is 89.5 Å². The summed E-state index contributed by atoms with van der Waals surface area (Å²) in [6.07, 6.45) is 0. The predicted molar refractivity (Wildman–Crippen MR) is 158 cm³/mol. The third-order valence-corrected chi connectivity index (χ3v) is 8.31. The summed E-state index contributed by atoms with van der Waals surface area (Å²) in [5.41, 5.74) is 4.60. The summed E-state index contributed by atoms with van der Waals surface area (Å²) in [6.45, 7) is 6.35. The number of hydrogen-bond donors (Lipinski definition) is 0. The molecule has 1 spiro atoms. The maximum Gasteiger partial charge on any atom is 0.291 e. The molecule has 2 aliphatic heterocycles. The first kappa shape index (κ1) is 25.0. The van der Waals surface area contributed by atoms with Gasteiger partial charge in [-0.25, -0.2) is 0 Å². The molecule has 1 atom stereocenters. The Morgan fingerprint density at radius 1 is 0.707 bits per heavy atom. The highest BCUT2D eigenvalue weighted by Crippen LogP contribution is 2.53. The highest BCUT2D eigenvalue weighted by atomic mass is 16.3. The Labute approximate surface area is 237 Å². The monoisotopic (exact) mass is 540 g/mol. The smallest absolute Gasteiger partial charge is 0.291 e. The molecule has 0 radical (unpaired) electrons. The van der Waals surface area contributed by atoms with E-state index in [1.165, 1.54) is 4.90 Å². The molecular weight excluding hydrogens is 512 g/mol. The van der Waals surface area contributed by atoms with Crippen molar-refractivity contribution < 1.29 is 14.0 Å². The predicted octanol–water partition coefficient (Wildman–Crippen LogP) is 6.16. The van der Waals surface area contributed by atoms with Gasteiger partial charge in [0.1, 0.15) is 5.58 Å². The van der Waals surface area contributed by atoms with Crippen molar-refractivity contribution in [2.24, 2.45) is 0 Å². The lowest BCUT2D eigenvalue weighted by molar-refractivity contribution is -0.126.